The standard InChI is InChI=1S/C27H27N3O2/c31-26-25(23-9-5-2-6-10-23)29(19-20-15-17-28-18-16-20)27(32)30(26)24-13-11-22(12-14-24)21-7-3-1-4-8-21/h1-14,20,25,28H,15-19H2. The summed E-state index contributed by atoms with van der Waals surface area (Å²) in [6.07, 6.45) is 2.04. The Labute approximate surface area is 188 Å². The molecule has 2 saturated heterocycles. The summed E-state index contributed by atoms with van der Waals surface area (Å²) < 4.78 is 0. The molecule has 3 amide bonds. The molecule has 1 atom stereocenters. The molecule has 2 aliphatic heterocycles. The highest BCUT2D eigenvalue weighted by molar-refractivity contribution is 6.21. The number of urea groups is 1. The van der Waals surface area contributed by atoms with E-state index in [2.05, 4.69) is 5.32 Å². The summed E-state index contributed by atoms with van der Waals surface area (Å²) in [6.45, 7) is 2.52. The zero-order chi connectivity index (χ0) is 21.9. The van der Waals surface area contributed by atoms with Gasteiger partial charge in [0.25, 0.3) is 5.91 Å². The maximum absolute atomic E-state index is 13.6. The van der Waals surface area contributed by atoms with Crippen molar-refractivity contribution in [2.24, 2.45) is 5.92 Å². The molecule has 5 rings (SSSR count). The van der Waals surface area contributed by atoms with Gasteiger partial charge in [-0.1, -0.05) is 72.8 Å². The number of rotatable bonds is 5. The number of imide groups is 1. The third kappa shape index (κ3) is 3.92. The fourth-order valence-corrected chi connectivity index (χ4v) is 4.74. The molecule has 32 heavy (non-hydrogen) atoms. The van der Waals surface area contributed by atoms with Crippen LogP contribution in [0.25, 0.3) is 11.1 Å². The van der Waals surface area contributed by atoms with E-state index in [1.807, 2.05) is 84.9 Å². The number of carbonyl (C=O) groups is 2. The summed E-state index contributed by atoms with van der Waals surface area (Å²) >= 11 is 0. The molecular formula is C27H27N3O2. The topological polar surface area (TPSA) is 52.7 Å². The SMILES string of the molecule is O=C1C(c2ccccc2)N(CC2CCNCC2)C(=O)N1c1ccc(-c2ccccc2)cc1. The molecule has 2 fully saturated rings. The Hall–Kier alpha value is -3.44. The minimum atomic E-state index is -0.576. The van der Waals surface area contributed by atoms with E-state index in [9.17, 15) is 9.59 Å². The van der Waals surface area contributed by atoms with E-state index in [0.717, 1.165) is 42.6 Å². The van der Waals surface area contributed by atoms with Crippen LogP contribution in [0, 0.1) is 5.92 Å². The van der Waals surface area contributed by atoms with Crippen LogP contribution in [0.3, 0.4) is 0 Å². The third-order valence-electron chi connectivity index (χ3n) is 6.46. The normalized spacial score (nSPS) is 19.6. The van der Waals surface area contributed by atoms with Gasteiger partial charge >= 0.3 is 6.03 Å². The van der Waals surface area contributed by atoms with Crippen molar-refractivity contribution in [3.63, 3.8) is 0 Å². The quantitative estimate of drug-likeness (QED) is 0.594. The van der Waals surface area contributed by atoms with Gasteiger partial charge in [-0.05, 0) is 60.7 Å². The average molecular weight is 426 g/mol. The Morgan fingerprint density at radius 3 is 2.00 bits per heavy atom. The Morgan fingerprint density at radius 1 is 0.750 bits per heavy atom. The van der Waals surface area contributed by atoms with Crippen LogP contribution in [-0.4, -0.2) is 36.5 Å². The predicted octanol–water partition coefficient (Wildman–Crippen LogP) is 4.86. The van der Waals surface area contributed by atoms with Crippen LogP contribution in [0.5, 0.6) is 0 Å². The van der Waals surface area contributed by atoms with Crippen LogP contribution in [0.15, 0.2) is 84.9 Å². The summed E-state index contributed by atoms with van der Waals surface area (Å²) in [5, 5.41) is 3.38. The average Bonchev–Trinajstić information content (AvgIpc) is 3.10. The first-order chi connectivity index (χ1) is 15.7. The van der Waals surface area contributed by atoms with Crippen molar-refractivity contribution in [2.75, 3.05) is 24.5 Å². The molecule has 2 aliphatic rings. The molecule has 0 aliphatic carbocycles. The molecule has 162 valence electrons. The van der Waals surface area contributed by atoms with Gasteiger partial charge in [0.15, 0.2) is 0 Å². The van der Waals surface area contributed by atoms with E-state index in [-0.39, 0.29) is 11.9 Å². The second kappa shape index (κ2) is 8.97. The van der Waals surface area contributed by atoms with Crippen LogP contribution in [0.1, 0.15) is 24.4 Å². The van der Waals surface area contributed by atoms with E-state index in [4.69, 9.17) is 0 Å². The van der Waals surface area contributed by atoms with Gasteiger partial charge in [-0.2, -0.15) is 0 Å². The lowest BCUT2D eigenvalue weighted by atomic mass is 9.96. The number of nitrogens with zero attached hydrogens (tertiary/aromatic N) is 2. The number of nitrogens with one attached hydrogen (secondary N) is 1. The van der Waals surface area contributed by atoms with Crippen LogP contribution in [-0.2, 0) is 4.79 Å². The van der Waals surface area contributed by atoms with Gasteiger partial charge in [0.2, 0.25) is 0 Å². The van der Waals surface area contributed by atoms with Gasteiger partial charge in [-0.15, -0.1) is 0 Å². The zero-order valence-corrected chi connectivity index (χ0v) is 18.0. The first-order valence-electron chi connectivity index (χ1n) is 11.3. The lowest BCUT2D eigenvalue weighted by molar-refractivity contribution is -0.120. The second-order valence-electron chi connectivity index (χ2n) is 8.53. The first kappa shape index (κ1) is 20.5. The van der Waals surface area contributed by atoms with Crippen molar-refractivity contribution in [1.82, 2.24) is 10.2 Å². The fraction of sp³-hybridized carbons (Fsp3) is 0.259. The maximum atomic E-state index is 13.6. The predicted molar refractivity (Wildman–Crippen MR) is 126 cm³/mol. The molecule has 2 heterocycles. The van der Waals surface area contributed by atoms with Crippen molar-refractivity contribution in [1.29, 1.82) is 0 Å². The Morgan fingerprint density at radius 2 is 1.34 bits per heavy atom. The Kier molecular flexibility index (Phi) is 5.73. The number of carbonyl (C=O) groups excluding carboxylic acids is 2. The minimum Gasteiger partial charge on any atom is -0.317 e. The molecule has 0 saturated carbocycles. The molecule has 0 aromatic heterocycles. The fourth-order valence-electron chi connectivity index (χ4n) is 4.74. The molecule has 3 aromatic carbocycles. The van der Waals surface area contributed by atoms with E-state index in [1.165, 1.54) is 4.90 Å². The number of hydrogen-bond acceptors (Lipinski definition) is 3. The van der Waals surface area contributed by atoms with Crippen molar-refractivity contribution in [3.8, 4) is 11.1 Å². The van der Waals surface area contributed by atoms with Gasteiger partial charge in [-0.3, -0.25) is 4.79 Å². The highest BCUT2D eigenvalue weighted by atomic mass is 16.2. The summed E-state index contributed by atoms with van der Waals surface area (Å²) in [5.41, 5.74) is 3.64. The number of benzene rings is 3. The monoisotopic (exact) mass is 425 g/mol. The Bertz CT molecular complexity index is 1080. The summed E-state index contributed by atoms with van der Waals surface area (Å²) in [7, 11) is 0. The number of amides is 3. The van der Waals surface area contributed by atoms with E-state index < -0.39 is 6.04 Å². The lowest BCUT2D eigenvalue weighted by Gasteiger charge is -2.29. The summed E-state index contributed by atoms with van der Waals surface area (Å²) in [5.74, 6) is 0.224. The van der Waals surface area contributed by atoms with Gasteiger partial charge in [0.1, 0.15) is 6.04 Å². The van der Waals surface area contributed by atoms with Crippen LogP contribution >= 0.6 is 0 Å². The summed E-state index contributed by atoms with van der Waals surface area (Å²) in [4.78, 5) is 30.3. The smallest absolute Gasteiger partial charge is 0.317 e. The molecule has 1 N–H and O–H groups in total. The minimum absolute atomic E-state index is 0.178. The molecule has 0 spiro atoms. The van der Waals surface area contributed by atoms with Crippen LogP contribution in [0.4, 0.5) is 10.5 Å². The van der Waals surface area contributed by atoms with Crippen molar-refractivity contribution in [2.45, 2.75) is 18.9 Å². The number of anilines is 1. The zero-order valence-electron chi connectivity index (χ0n) is 18.0. The van der Waals surface area contributed by atoms with Gasteiger partial charge < -0.3 is 10.2 Å². The van der Waals surface area contributed by atoms with Crippen LogP contribution in [0.2, 0.25) is 0 Å². The van der Waals surface area contributed by atoms with Crippen LogP contribution < -0.4 is 10.2 Å². The first-order valence-corrected chi connectivity index (χ1v) is 11.3. The second-order valence-corrected chi connectivity index (χ2v) is 8.53. The van der Waals surface area contributed by atoms with E-state index in [0.29, 0.717) is 18.2 Å². The van der Waals surface area contributed by atoms with Crippen molar-refractivity contribution >= 4 is 17.6 Å². The highest BCUT2D eigenvalue weighted by Crippen LogP contribution is 2.36. The van der Waals surface area contributed by atoms with Crippen molar-refractivity contribution < 1.29 is 9.59 Å². The molecule has 5 heteroatoms. The lowest BCUT2D eigenvalue weighted by Crippen LogP contribution is -2.39. The maximum Gasteiger partial charge on any atom is 0.332 e. The van der Waals surface area contributed by atoms with Gasteiger partial charge in [0.05, 0.1) is 5.69 Å². The number of hydrogen-bond donors (Lipinski definition) is 1. The molecule has 3 aromatic rings. The molecule has 5 nitrogen and oxygen atoms in total. The molecule has 0 bridgehead atoms. The molecular weight excluding hydrogens is 398 g/mol. The highest BCUT2D eigenvalue weighted by Gasteiger charge is 2.47. The molecule has 0 radical (unpaired) electrons. The number of piperidine rings is 1. The molecule has 1 unspecified atom stereocenters. The van der Waals surface area contributed by atoms with Gasteiger partial charge in [-0.25, -0.2) is 9.69 Å². The van der Waals surface area contributed by atoms with E-state index in [1.54, 1.807) is 4.90 Å². The van der Waals surface area contributed by atoms with Gasteiger partial charge in [0, 0.05) is 6.54 Å². The third-order valence-corrected chi connectivity index (χ3v) is 6.46. The largest absolute Gasteiger partial charge is 0.332 e. The van der Waals surface area contributed by atoms with E-state index >= 15 is 0 Å². The summed E-state index contributed by atoms with van der Waals surface area (Å²) in [6, 6.07) is 26.6. The van der Waals surface area contributed by atoms with Crippen molar-refractivity contribution in [3.05, 3.63) is 90.5 Å². The Balaban J connectivity index is 1.46.